The lowest BCUT2D eigenvalue weighted by atomic mass is 9.99. The molecule has 19 heavy (non-hydrogen) atoms. The molecule has 1 saturated heterocycles. The highest BCUT2D eigenvalue weighted by molar-refractivity contribution is 5.33. The molecular formula is C16H26N2O. The lowest BCUT2D eigenvalue weighted by molar-refractivity contribution is 0.210. The van der Waals surface area contributed by atoms with E-state index in [0.717, 1.165) is 31.9 Å². The van der Waals surface area contributed by atoms with Crippen LogP contribution in [0.4, 0.5) is 0 Å². The van der Waals surface area contributed by atoms with Crippen LogP contribution in [0.3, 0.4) is 0 Å². The summed E-state index contributed by atoms with van der Waals surface area (Å²) in [5.41, 5.74) is 1.34. The van der Waals surface area contributed by atoms with Gasteiger partial charge in [0.1, 0.15) is 5.75 Å². The predicted octanol–water partition coefficient (Wildman–Crippen LogP) is 2.17. The van der Waals surface area contributed by atoms with Crippen molar-refractivity contribution < 1.29 is 4.74 Å². The highest BCUT2D eigenvalue weighted by Crippen LogP contribution is 2.21. The second-order valence-electron chi connectivity index (χ2n) is 5.40. The molecule has 1 heterocycles. The van der Waals surface area contributed by atoms with E-state index in [0.29, 0.717) is 5.92 Å². The van der Waals surface area contributed by atoms with Gasteiger partial charge in [0.25, 0.3) is 0 Å². The van der Waals surface area contributed by atoms with Crippen molar-refractivity contribution >= 4 is 0 Å². The van der Waals surface area contributed by atoms with Crippen LogP contribution in [-0.2, 0) is 6.42 Å². The van der Waals surface area contributed by atoms with Crippen LogP contribution in [0.25, 0.3) is 0 Å². The Hall–Kier alpha value is -1.06. The zero-order chi connectivity index (χ0) is 13.5. The summed E-state index contributed by atoms with van der Waals surface area (Å²) in [6.07, 6.45) is 1.10. The maximum Gasteiger partial charge on any atom is 0.122 e. The molecule has 1 N–H and O–H groups in total. The van der Waals surface area contributed by atoms with E-state index in [4.69, 9.17) is 4.74 Å². The molecule has 0 aromatic heterocycles. The third-order valence-electron chi connectivity index (χ3n) is 3.62. The minimum Gasteiger partial charge on any atom is -0.494 e. The van der Waals surface area contributed by atoms with Crippen LogP contribution in [-0.4, -0.2) is 44.2 Å². The number of hydrogen-bond donors (Lipinski definition) is 1. The highest BCUT2D eigenvalue weighted by Gasteiger charge is 2.14. The van der Waals surface area contributed by atoms with E-state index >= 15 is 0 Å². The van der Waals surface area contributed by atoms with Gasteiger partial charge in [-0.25, -0.2) is 0 Å². The molecule has 1 unspecified atom stereocenters. The summed E-state index contributed by atoms with van der Waals surface area (Å²) >= 11 is 0. The topological polar surface area (TPSA) is 24.5 Å². The summed E-state index contributed by atoms with van der Waals surface area (Å²) in [6, 6.07) is 8.43. The Labute approximate surface area is 116 Å². The Morgan fingerprint density at radius 1 is 1.26 bits per heavy atom. The van der Waals surface area contributed by atoms with Crippen LogP contribution >= 0.6 is 0 Å². The van der Waals surface area contributed by atoms with Gasteiger partial charge in [-0.05, 0) is 30.9 Å². The van der Waals surface area contributed by atoms with Gasteiger partial charge >= 0.3 is 0 Å². The van der Waals surface area contributed by atoms with Gasteiger partial charge in [0.15, 0.2) is 0 Å². The number of rotatable bonds is 6. The van der Waals surface area contributed by atoms with Crippen molar-refractivity contribution in [3.05, 3.63) is 29.8 Å². The van der Waals surface area contributed by atoms with Crippen molar-refractivity contribution in [1.29, 1.82) is 0 Å². The third-order valence-corrected chi connectivity index (χ3v) is 3.62. The zero-order valence-corrected chi connectivity index (χ0v) is 12.2. The number of piperazine rings is 1. The van der Waals surface area contributed by atoms with Crippen molar-refractivity contribution in [1.82, 2.24) is 10.2 Å². The minimum absolute atomic E-state index is 0.666. The lowest BCUT2D eigenvalue weighted by Crippen LogP contribution is -2.45. The SMILES string of the molecule is CCOc1ccccc1CC(C)CN1CCNCC1. The van der Waals surface area contributed by atoms with Crippen LogP contribution in [0, 0.1) is 5.92 Å². The van der Waals surface area contributed by atoms with Gasteiger partial charge in [-0.15, -0.1) is 0 Å². The fourth-order valence-electron chi connectivity index (χ4n) is 2.74. The molecule has 3 nitrogen and oxygen atoms in total. The summed E-state index contributed by atoms with van der Waals surface area (Å²) < 4.78 is 5.70. The summed E-state index contributed by atoms with van der Waals surface area (Å²) in [4.78, 5) is 2.56. The van der Waals surface area contributed by atoms with Crippen molar-refractivity contribution in [2.45, 2.75) is 20.3 Å². The molecule has 1 atom stereocenters. The van der Waals surface area contributed by atoms with E-state index in [1.807, 2.05) is 6.92 Å². The Morgan fingerprint density at radius 2 is 2.00 bits per heavy atom. The molecular weight excluding hydrogens is 236 g/mol. The molecule has 0 aliphatic carbocycles. The Balaban J connectivity index is 1.88. The number of para-hydroxylation sites is 1. The van der Waals surface area contributed by atoms with Gasteiger partial charge in [0.05, 0.1) is 6.61 Å². The zero-order valence-electron chi connectivity index (χ0n) is 12.2. The van der Waals surface area contributed by atoms with Gasteiger partial charge in [0.2, 0.25) is 0 Å². The van der Waals surface area contributed by atoms with Gasteiger partial charge in [-0.1, -0.05) is 25.1 Å². The van der Waals surface area contributed by atoms with E-state index < -0.39 is 0 Å². The van der Waals surface area contributed by atoms with Crippen molar-refractivity contribution in [3.63, 3.8) is 0 Å². The molecule has 0 radical (unpaired) electrons. The summed E-state index contributed by atoms with van der Waals surface area (Å²) in [7, 11) is 0. The van der Waals surface area contributed by atoms with Gasteiger partial charge in [-0.2, -0.15) is 0 Å². The second-order valence-corrected chi connectivity index (χ2v) is 5.40. The Kier molecular flexibility index (Phi) is 5.67. The molecule has 106 valence electrons. The smallest absolute Gasteiger partial charge is 0.122 e. The first-order valence-corrected chi connectivity index (χ1v) is 7.43. The minimum atomic E-state index is 0.666. The van der Waals surface area contributed by atoms with Crippen LogP contribution in [0.1, 0.15) is 19.4 Å². The molecule has 1 aliphatic rings. The highest BCUT2D eigenvalue weighted by atomic mass is 16.5. The molecule has 1 aromatic rings. The molecule has 2 rings (SSSR count). The van der Waals surface area contributed by atoms with Crippen LogP contribution in [0.2, 0.25) is 0 Å². The van der Waals surface area contributed by atoms with Crippen LogP contribution in [0.5, 0.6) is 5.75 Å². The monoisotopic (exact) mass is 262 g/mol. The molecule has 3 heteroatoms. The summed E-state index contributed by atoms with van der Waals surface area (Å²) in [5, 5.41) is 3.40. The fourth-order valence-corrected chi connectivity index (χ4v) is 2.74. The first kappa shape index (κ1) is 14.4. The molecule has 0 amide bonds. The van der Waals surface area contributed by atoms with E-state index in [1.54, 1.807) is 0 Å². The van der Waals surface area contributed by atoms with Crippen molar-refractivity contribution in [2.24, 2.45) is 5.92 Å². The van der Waals surface area contributed by atoms with Crippen LogP contribution < -0.4 is 10.1 Å². The number of benzene rings is 1. The first-order chi connectivity index (χ1) is 9.29. The Bertz CT molecular complexity index is 375. The van der Waals surface area contributed by atoms with Gasteiger partial charge in [-0.3, -0.25) is 0 Å². The molecule has 0 spiro atoms. The molecule has 1 aromatic carbocycles. The predicted molar refractivity (Wildman–Crippen MR) is 79.8 cm³/mol. The van der Waals surface area contributed by atoms with E-state index in [9.17, 15) is 0 Å². The van der Waals surface area contributed by atoms with E-state index in [1.165, 1.54) is 25.2 Å². The number of hydrogen-bond acceptors (Lipinski definition) is 3. The van der Waals surface area contributed by atoms with Crippen molar-refractivity contribution in [3.8, 4) is 5.75 Å². The number of nitrogens with zero attached hydrogens (tertiary/aromatic N) is 1. The largest absolute Gasteiger partial charge is 0.494 e. The maximum atomic E-state index is 5.70. The molecule has 0 bridgehead atoms. The first-order valence-electron chi connectivity index (χ1n) is 7.43. The quantitative estimate of drug-likeness (QED) is 0.850. The van der Waals surface area contributed by atoms with E-state index in [-0.39, 0.29) is 0 Å². The lowest BCUT2D eigenvalue weighted by Gasteiger charge is -2.29. The Morgan fingerprint density at radius 3 is 2.74 bits per heavy atom. The molecule has 0 saturated carbocycles. The summed E-state index contributed by atoms with van der Waals surface area (Å²) in [5.74, 6) is 1.72. The average molecular weight is 262 g/mol. The average Bonchev–Trinajstić information content (AvgIpc) is 2.42. The van der Waals surface area contributed by atoms with Gasteiger partial charge < -0.3 is 15.0 Å². The number of ether oxygens (including phenoxy) is 1. The van der Waals surface area contributed by atoms with Crippen molar-refractivity contribution in [2.75, 3.05) is 39.3 Å². The van der Waals surface area contributed by atoms with Gasteiger partial charge in [0, 0.05) is 32.7 Å². The number of nitrogens with one attached hydrogen (secondary N) is 1. The molecule has 1 aliphatic heterocycles. The maximum absolute atomic E-state index is 5.70. The van der Waals surface area contributed by atoms with Crippen LogP contribution in [0.15, 0.2) is 24.3 Å². The normalized spacial score (nSPS) is 18.2. The standard InChI is InChI=1S/C16H26N2O/c1-3-19-16-7-5-4-6-15(16)12-14(2)13-18-10-8-17-9-11-18/h4-7,14,17H,3,8-13H2,1-2H3. The fraction of sp³-hybridized carbons (Fsp3) is 0.625. The molecule has 1 fully saturated rings. The summed E-state index contributed by atoms with van der Waals surface area (Å²) in [6.45, 7) is 10.9. The third kappa shape index (κ3) is 4.51. The second kappa shape index (κ2) is 7.51. The van der Waals surface area contributed by atoms with E-state index in [2.05, 4.69) is 41.4 Å².